The predicted octanol–water partition coefficient (Wildman–Crippen LogP) is 1.87. The van der Waals surface area contributed by atoms with Gasteiger partial charge in [0.1, 0.15) is 11.8 Å². The highest BCUT2D eigenvalue weighted by Gasteiger charge is 2.17. The molecule has 0 aliphatic heterocycles. The Bertz CT molecular complexity index is 428. The average Bonchev–Trinajstić information content (AvgIpc) is 2.28. The van der Waals surface area contributed by atoms with Crippen molar-refractivity contribution in [3.8, 4) is 5.75 Å². The monoisotopic (exact) mass is 252 g/mol. The molecule has 0 aliphatic carbocycles. The van der Waals surface area contributed by atoms with Gasteiger partial charge in [-0.2, -0.15) is 0 Å². The molecule has 0 radical (unpaired) electrons. The molecule has 1 aromatic rings. The number of carbonyl (C=O) groups is 1. The van der Waals surface area contributed by atoms with E-state index in [1.54, 1.807) is 0 Å². The summed E-state index contributed by atoms with van der Waals surface area (Å²) in [6.45, 7) is 3.91. The van der Waals surface area contributed by atoms with Crippen LogP contribution in [0.1, 0.15) is 20.3 Å². The Labute approximate surface area is 105 Å². The molecular formula is C12H16N2O4. The molecular weight excluding hydrogens is 236 g/mol. The molecule has 0 aromatic heterocycles. The number of hydrogen-bond donors (Lipinski definition) is 1. The Hall–Kier alpha value is -1.95. The van der Waals surface area contributed by atoms with Gasteiger partial charge in [0.05, 0.1) is 4.92 Å². The van der Waals surface area contributed by atoms with Crippen molar-refractivity contribution in [1.82, 2.24) is 0 Å². The molecule has 0 amide bonds. The van der Waals surface area contributed by atoms with Gasteiger partial charge >= 0.3 is 5.97 Å². The highest BCUT2D eigenvalue weighted by atomic mass is 16.6. The fraction of sp³-hybridized carbons (Fsp3) is 0.417. The topological polar surface area (TPSA) is 95.5 Å². The van der Waals surface area contributed by atoms with Gasteiger partial charge in [-0.1, -0.05) is 13.8 Å². The lowest BCUT2D eigenvalue weighted by Gasteiger charge is -2.12. The van der Waals surface area contributed by atoms with E-state index in [1.807, 2.05) is 13.8 Å². The summed E-state index contributed by atoms with van der Waals surface area (Å²) in [6.07, 6.45) is 0.534. The van der Waals surface area contributed by atoms with E-state index in [1.165, 1.54) is 24.3 Å². The molecule has 1 rings (SSSR count). The van der Waals surface area contributed by atoms with Crippen LogP contribution in [-0.4, -0.2) is 16.9 Å². The summed E-state index contributed by atoms with van der Waals surface area (Å²) in [7, 11) is 0. The smallest absolute Gasteiger partial charge is 0.328 e. The first kappa shape index (κ1) is 14.1. The molecule has 1 atom stereocenters. The number of carbonyl (C=O) groups excluding carboxylic acids is 1. The molecule has 0 bridgehead atoms. The molecule has 6 nitrogen and oxygen atoms in total. The van der Waals surface area contributed by atoms with Gasteiger partial charge in [0.25, 0.3) is 5.69 Å². The number of ether oxygens (including phenoxy) is 1. The van der Waals surface area contributed by atoms with Crippen LogP contribution in [0.5, 0.6) is 5.75 Å². The number of nitro groups is 1. The Kier molecular flexibility index (Phi) is 4.79. The summed E-state index contributed by atoms with van der Waals surface area (Å²) in [5.41, 5.74) is 5.61. The summed E-state index contributed by atoms with van der Waals surface area (Å²) >= 11 is 0. The Balaban J connectivity index is 2.62. The van der Waals surface area contributed by atoms with Gasteiger partial charge in [0.15, 0.2) is 0 Å². The van der Waals surface area contributed by atoms with Gasteiger partial charge < -0.3 is 10.5 Å². The van der Waals surface area contributed by atoms with Crippen molar-refractivity contribution in [2.45, 2.75) is 26.3 Å². The second-order valence-electron chi connectivity index (χ2n) is 4.41. The van der Waals surface area contributed by atoms with E-state index in [2.05, 4.69) is 0 Å². The molecule has 0 heterocycles. The number of hydrogen-bond acceptors (Lipinski definition) is 5. The van der Waals surface area contributed by atoms with Gasteiger partial charge in [0.2, 0.25) is 0 Å². The lowest BCUT2D eigenvalue weighted by atomic mass is 10.1. The minimum absolute atomic E-state index is 0.0544. The molecule has 0 fully saturated rings. The normalized spacial score (nSPS) is 12.2. The fourth-order valence-electron chi connectivity index (χ4n) is 1.43. The van der Waals surface area contributed by atoms with Crippen LogP contribution < -0.4 is 10.5 Å². The summed E-state index contributed by atoms with van der Waals surface area (Å²) in [4.78, 5) is 21.5. The van der Waals surface area contributed by atoms with Crippen LogP contribution in [0, 0.1) is 16.0 Å². The van der Waals surface area contributed by atoms with Gasteiger partial charge in [-0.25, -0.2) is 4.79 Å². The zero-order chi connectivity index (χ0) is 13.7. The van der Waals surface area contributed by atoms with Crippen molar-refractivity contribution in [2.75, 3.05) is 0 Å². The van der Waals surface area contributed by atoms with Crippen molar-refractivity contribution in [2.24, 2.45) is 11.7 Å². The highest BCUT2D eigenvalue weighted by molar-refractivity contribution is 5.78. The number of nitrogens with two attached hydrogens (primary N) is 1. The molecule has 2 N–H and O–H groups in total. The quantitative estimate of drug-likeness (QED) is 0.373. The highest BCUT2D eigenvalue weighted by Crippen LogP contribution is 2.18. The van der Waals surface area contributed by atoms with E-state index in [0.29, 0.717) is 12.3 Å². The summed E-state index contributed by atoms with van der Waals surface area (Å²) < 4.78 is 5.03. The molecule has 0 saturated heterocycles. The molecule has 0 spiro atoms. The molecule has 0 aliphatic rings. The second kappa shape index (κ2) is 6.11. The average molecular weight is 252 g/mol. The SMILES string of the molecule is CC(C)C[C@H](N)C(=O)Oc1ccc([N+](=O)[O-])cc1. The number of nitro benzene ring substituents is 1. The van der Waals surface area contributed by atoms with E-state index >= 15 is 0 Å². The lowest BCUT2D eigenvalue weighted by molar-refractivity contribution is -0.384. The van der Waals surface area contributed by atoms with Crippen molar-refractivity contribution in [3.63, 3.8) is 0 Å². The van der Waals surface area contributed by atoms with Gasteiger partial charge in [0, 0.05) is 12.1 Å². The number of benzene rings is 1. The van der Waals surface area contributed by atoms with Crippen LogP contribution in [0.25, 0.3) is 0 Å². The molecule has 98 valence electrons. The minimum Gasteiger partial charge on any atom is -0.425 e. The summed E-state index contributed by atoms with van der Waals surface area (Å²) in [5.74, 6) is 0.0202. The van der Waals surface area contributed by atoms with E-state index in [4.69, 9.17) is 10.5 Å². The number of rotatable bonds is 5. The number of esters is 1. The molecule has 18 heavy (non-hydrogen) atoms. The maximum Gasteiger partial charge on any atom is 0.328 e. The Morgan fingerprint density at radius 1 is 1.39 bits per heavy atom. The van der Waals surface area contributed by atoms with Gasteiger partial charge in [-0.3, -0.25) is 10.1 Å². The first-order valence-electron chi connectivity index (χ1n) is 5.62. The third-order valence-corrected chi connectivity index (χ3v) is 2.29. The van der Waals surface area contributed by atoms with Crippen LogP contribution >= 0.6 is 0 Å². The van der Waals surface area contributed by atoms with Crippen LogP contribution in [0.3, 0.4) is 0 Å². The van der Waals surface area contributed by atoms with Gasteiger partial charge in [-0.05, 0) is 24.5 Å². The fourth-order valence-corrected chi connectivity index (χ4v) is 1.43. The van der Waals surface area contributed by atoms with Crippen molar-refractivity contribution >= 4 is 11.7 Å². The van der Waals surface area contributed by atoms with E-state index in [0.717, 1.165) is 0 Å². The summed E-state index contributed by atoms with van der Waals surface area (Å²) in [6, 6.07) is 4.61. The third kappa shape index (κ3) is 4.14. The lowest BCUT2D eigenvalue weighted by Crippen LogP contribution is -2.35. The van der Waals surface area contributed by atoms with Crippen LogP contribution in [-0.2, 0) is 4.79 Å². The number of non-ortho nitro benzene ring substituents is 1. The predicted molar refractivity (Wildman–Crippen MR) is 66.2 cm³/mol. The van der Waals surface area contributed by atoms with Crippen LogP contribution in [0.4, 0.5) is 5.69 Å². The van der Waals surface area contributed by atoms with Crippen LogP contribution in [0.2, 0.25) is 0 Å². The zero-order valence-corrected chi connectivity index (χ0v) is 10.3. The third-order valence-electron chi connectivity index (χ3n) is 2.29. The maximum atomic E-state index is 11.6. The van der Waals surface area contributed by atoms with Crippen LogP contribution in [0.15, 0.2) is 24.3 Å². The van der Waals surface area contributed by atoms with Crippen molar-refractivity contribution in [1.29, 1.82) is 0 Å². The standard InChI is InChI=1S/C12H16N2O4/c1-8(2)7-11(13)12(15)18-10-5-3-9(4-6-10)14(16)17/h3-6,8,11H,7,13H2,1-2H3/t11-/m0/s1. The van der Waals surface area contributed by atoms with Crippen molar-refractivity contribution < 1.29 is 14.5 Å². The molecule has 0 unspecified atom stereocenters. The Morgan fingerprint density at radius 2 is 1.94 bits per heavy atom. The van der Waals surface area contributed by atoms with E-state index in [-0.39, 0.29) is 11.4 Å². The Morgan fingerprint density at radius 3 is 2.39 bits per heavy atom. The summed E-state index contributed by atoms with van der Waals surface area (Å²) in [5, 5.41) is 10.4. The van der Waals surface area contributed by atoms with E-state index < -0.39 is 16.9 Å². The largest absolute Gasteiger partial charge is 0.425 e. The first-order chi connectivity index (χ1) is 8.40. The molecule has 1 aromatic carbocycles. The minimum atomic E-state index is -0.680. The van der Waals surface area contributed by atoms with E-state index in [9.17, 15) is 14.9 Å². The first-order valence-corrected chi connectivity index (χ1v) is 5.62. The molecule has 6 heteroatoms. The second-order valence-corrected chi connectivity index (χ2v) is 4.41. The maximum absolute atomic E-state index is 11.6. The zero-order valence-electron chi connectivity index (χ0n) is 10.3. The van der Waals surface area contributed by atoms with Crippen molar-refractivity contribution in [3.05, 3.63) is 34.4 Å². The number of nitrogens with zero attached hydrogens (tertiary/aromatic N) is 1. The van der Waals surface area contributed by atoms with Gasteiger partial charge in [-0.15, -0.1) is 0 Å². The molecule has 0 saturated carbocycles.